The fourth-order valence-electron chi connectivity index (χ4n) is 2.93. The molecule has 0 unspecified atom stereocenters. The van der Waals surface area contributed by atoms with E-state index in [1.807, 2.05) is 0 Å². The van der Waals surface area contributed by atoms with Gasteiger partial charge in [-0.05, 0) is 17.5 Å². The zero-order valence-electron chi connectivity index (χ0n) is 12.6. The average Bonchev–Trinajstić information content (AvgIpc) is 2.71. The van der Waals surface area contributed by atoms with Gasteiger partial charge in [0.25, 0.3) is 5.69 Å². The second-order valence-corrected chi connectivity index (χ2v) is 5.50. The zero-order chi connectivity index (χ0) is 17.3. The van der Waals surface area contributed by atoms with Crippen molar-refractivity contribution in [1.29, 1.82) is 0 Å². The number of aliphatic carboxylic acids is 2. The second-order valence-electron chi connectivity index (χ2n) is 5.50. The van der Waals surface area contributed by atoms with Crippen LogP contribution in [0.5, 0.6) is 0 Å². The average molecular weight is 320 g/mol. The van der Waals surface area contributed by atoms with Gasteiger partial charge in [0.1, 0.15) is 6.54 Å². The van der Waals surface area contributed by atoms with Crippen LogP contribution in [0.3, 0.4) is 0 Å². The highest BCUT2D eigenvalue weighted by molar-refractivity contribution is 5.96. The largest absolute Gasteiger partial charge is 0.481 e. The number of carbonyl (C=O) groups is 2. The molecule has 0 saturated heterocycles. The lowest BCUT2D eigenvalue weighted by atomic mass is 10.00. The van der Waals surface area contributed by atoms with Crippen LogP contribution in [0.2, 0.25) is 0 Å². The first-order chi connectivity index (χ1) is 10.7. The molecule has 0 fully saturated rings. The van der Waals surface area contributed by atoms with E-state index in [1.54, 1.807) is 19.9 Å². The van der Waals surface area contributed by atoms with E-state index >= 15 is 0 Å². The van der Waals surface area contributed by atoms with Crippen LogP contribution in [0.4, 0.5) is 5.69 Å². The second kappa shape index (κ2) is 6.07. The predicted molar refractivity (Wildman–Crippen MR) is 81.7 cm³/mol. The van der Waals surface area contributed by atoms with Crippen molar-refractivity contribution in [2.24, 2.45) is 0 Å². The zero-order valence-corrected chi connectivity index (χ0v) is 12.6. The number of hydrogen-bond donors (Lipinski definition) is 2. The summed E-state index contributed by atoms with van der Waals surface area (Å²) in [5.74, 6) is -2.41. The number of carboxylic acid groups (broad SMARTS) is 2. The molecule has 0 aliphatic heterocycles. The first kappa shape index (κ1) is 16.5. The number of aromatic nitrogens is 1. The van der Waals surface area contributed by atoms with Gasteiger partial charge in [0.15, 0.2) is 0 Å². The molecule has 1 heterocycles. The minimum absolute atomic E-state index is 0.185. The molecule has 1 aromatic carbocycles. The van der Waals surface area contributed by atoms with Gasteiger partial charge in [-0.25, -0.2) is 0 Å². The summed E-state index contributed by atoms with van der Waals surface area (Å²) in [6.07, 6.45) is -0.401. The maximum Gasteiger partial charge on any atom is 0.323 e. The number of fused-ring (bicyclic) bond motifs is 1. The molecule has 122 valence electrons. The number of nitrogens with zero attached hydrogens (tertiary/aromatic N) is 2. The minimum atomic E-state index is -1.13. The number of nitro groups is 1. The summed E-state index contributed by atoms with van der Waals surface area (Å²) in [6.45, 7) is 3.21. The maximum atomic E-state index is 11.3. The Hall–Kier alpha value is -2.90. The number of rotatable bonds is 6. The third-order valence-corrected chi connectivity index (χ3v) is 3.58. The van der Waals surface area contributed by atoms with E-state index < -0.39 is 23.3 Å². The molecule has 23 heavy (non-hydrogen) atoms. The van der Waals surface area contributed by atoms with Crippen molar-refractivity contribution in [3.63, 3.8) is 0 Å². The first-order valence-electron chi connectivity index (χ1n) is 6.96. The van der Waals surface area contributed by atoms with Gasteiger partial charge < -0.3 is 14.8 Å². The van der Waals surface area contributed by atoms with Gasteiger partial charge in [0, 0.05) is 11.8 Å². The van der Waals surface area contributed by atoms with Gasteiger partial charge in [0.05, 0.1) is 22.2 Å². The molecule has 0 amide bonds. The van der Waals surface area contributed by atoms with Crippen molar-refractivity contribution in [2.45, 2.75) is 32.7 Å². The van der Waals surface area contributed by atoms with E-state index in [1.165, 1.54) is 16.7 Å². The summed E-state index contributed by atoms with van der Waals surface area (Å²) in [6, 6.07) is 4.33. The normalized spacial score (nSPS) is 11.1. The van der Waals surface area contributed by atoms with Crippen LogP contribution >= 0.6 is 0 Å². The summed E-state index contributed by atoms with van der Waals surface area (Å²) in [5.41, 5.74) is 0.946. The lowest BCUT2D eigenvalue weighted by Gasteiger charge is -2.13. The molecule has 2 rings (SSSR count). The highest BCUT2D eigenvalue weighted by Crippen LogP contribution is 2.37. The number of benzene rings is 1. The monoisotopic (exact) mass is 320 g/mol. The molecule has 1 aromatic heterocycles. The quantitative estimate of drug-likeness (QED) is 0.622. The molecule has 0 bridgehead atoms. The van der Waals surface area contributed by atoms with Crippen LogP contribution in [0, 0.1) is 10.1 Å². The van der Waals surface area contributed by atoms with E-state index in [0.29, 0.717) is 16.8 Å². The minimum Gasteiger partial charge on any atom is -0.481 e. The van der Waals surface area contributed by atoms with Crippen molar-refractivity contribution < 1.29 is 24.7 Å². The highest BCUT2D eigenvalue weighted by Gasteiger charge is 2.27. The molecule has 0 aliphatic rings. The molecule has 2 N–H and O–H groups in total. The van der Waals surface area contributed by atoms with Crippen LogP contribution in [0.15, 0.2) is 18.2 Å². The number of non-ortho nitro benzene ring substituents is 1. The molecule has 0 aliphatic carbocycles. The van der Waals surface area contributed by atoms with Gasteiger partial charge in [-0.1, -0.05) is 19.9 Å². The Balaban J connectivity index is 2.95. The van der Waals surface area contributed by atoms with Crippen LogP contribution in [0.25, 0.3) is 10.9 Å². The summed E-state index contributed by atoms with van der Waals surface area (Å²) >= 11 is 0. The molecular formula is C15H16N2O6. The van der Waals surface area contributed by atoms with E-state index in [2.05, 4.69) is 0 Å². The molecule has 0 saturated carbocycles. The highest BCUT2D eigenvalue weighted by atomic mass is 16.6. The molecule has 0 radical (unpaired) electrons. The van der Waals surface area contributed by atoms with Crippen molar-refractivity contribution >= 4 is 28.5 Å². The lowest BCUT2D eigenvalue weighted by molar-refractivity contribution is -0.383. The Labute approximate surface area is 131 Å². The van der Waals surface area contributed by atoms with Crippen LogP contribution < -0.4 is 0 Å². The van der Waals surface area contributed by atoms with Gasteiger partial charge in [-0.2, -0.15) is 0 Å². The molecule has 0 atom stereocenters. The van der Waals surface area contributed by atoms with Crippen LogP contribution in [-0.4, -0.2) is 31.6 Å². The summed E-state index contributed by atoms with van der Waals surface area (Å²) < 4.78 is 1.45. The molecule has 8 heteroatoms. The number of hydrogen-bond acceptors (Lipinski definition) is 4. The molecular weight excluding hydrogens is 304 g/mol. The lowest BCUT2D eigenvalue weighted by Crippen LogP contribution is -2.14. The molecule has 0 spiro atoms. The fourth-order valence-corrected chi connectivity index (χ4v) is 2.93. The predicted octanol–water partition coefficient (Wildman–Crippen LogP) is 2.38. The van der Waals surface area contributed by atoms with Gasteiger partial charge in [-0.15, -0.1) is 0 Å². The summed E-state index contributed by atoms with van der Waals surface area (Å²) in [7, 11) is 0. The van der Waals surface area contributed by atoms with E-state index in [9.17, 15) is 19.7 Å². The van der Waals surface area contributed by atoms with Crippen molar-refractivity contribution in [3.8, 4) is 0 Å². The third kappa shape index (κ3) is 3.01. The third-order valence-electron chi connectivity index (χ3n) is 3.58. The van der Waals surface area contributed by atoms with Crippen LogP contribution in [0.1, 0.15) is 31.0 Å². The summed E-state index contributed by atoms with van der Waals surface area (Å²) in [5, 5.41) is 29.8. The SMILES string of the molecule is CC(C)c1c(CC(=O)O)c2c([N+](=O)[O-])cccc2n1CC(=O)O. The van der Waals surface area contributed by atoms with Crippen molar-refractivity contribution in [2.75, 3.05) is 0 Å². The van der Waals surface area contributed by atoms with E-state index in [-0.39, 0.29) is 23.5 Å². The van der Waals surface area contributed by atoms with E-state index in [0.717, 1.165) is 0 Å². The Kier molecular flexibility index (Phi) is 4.35. The van der Waals surface area contributed by atoms with E-state index in [4.69, 9.17) is 10.2 Å². The van der Waals surface area contributed by atoms with Crippen molar-refractivity contribution in [3.05, 3.63) is 39.6 Å². The Morgan fingerprint density at radius 3 is 2.39 bits per heavy atom. The number of nitro benzene ring substituents is 1. The smallest absolute Gasteiger partial charge is 0.323 e. The van der Waals surface area contributed by atoms with Gasteiger partial charge in [-0.3, -0.25) is 19.7 Å². The van der Waals surface area contributed by atoms with Gasteiger partial charge in [0.2, 0.25) is 0 Å². The fraction of sp³-hybridized carbons (Fsp3) is 0.333. The Morgan fingerprint density at radius 1 is 1.26 bits per heavy atom. The topological polar surface area (TPSA) is 123 Å². The number of carboxylic acids is 2. The standard InChI is InChI=1S/C15H16N2O6/c1-8(2)15-9(6-12(18)19)14-10(16(15)7-13(20)21)4-3-5-11(14)17(22)23/h3-5,8H,6-7H2,1-2H3,(H,18,19)(H,20,21). The van der Waals surface area contributed by atoms with Crippen LogP contribution in [-0.2, 0) is 22.6 Å². The van der Waals surface area contributed by atoms with Crippen molar-refractivity contribution in [1.82, 2.24) is 4.57 Å². The molecule has 8 nitrogen and oxygen atoms in total. The first-order valence-corrected chi connectivity index (χ1v) is 6.96. The summed E-state index contributed by atoms with van der Waals surface area (Å²) in [4.78, 5) is 33.1. The maximum absolute atomic E-state index is 11.3. The molecule has 2 aromatic rings. The Morgan fingerprint density at radius 2 is 1.91 bits per heavy atom. The Bertz CT molecular complexity index is 806. The van der Waals surface area contributed by atoms with Gasteiger partial charge >= 0.3 is 11.9 Å².